The summed E-state index contributed by atoms with van der Waals surface area (Å²) in [5.41, 5.74) is 0.0557. The average molecular weight is 401 g/mol. The number of nitrogens with one attached hydrogen (secondary N) is 1. The minimum atomic E-state index is -3.96. The fourth-order valence-electron chi connectivity index (χ4n) is 2.89. The molecule has 1 atom stereocenters. The van der Waals surface area contributed by atoms with Crippen molar-refractivity contribution >= 4 is 27.5 Å². The van der Waals surface area contributed by atoms with Gasteiger partial charge in [-0.15, -0.1) is 0 Å². The van der Waals surface area contributed by atoms with E-state index in [0.29, 0.717) is 6.54 Å². The first-order valence-electron chi connectivity index (χ1n) is 8.79. The second-order valence-electron chi connectivity index (χ2n) is 6.38. The summed E-state index contributed by atoms with van der Waals surface area (Å²) in [6.45, 7) is 3.78. The van der Waals surface area contributed by atoms with Crippen LogP contribution in [0.1, 0.15) is 46.5 Å². The van der Waals surface area contributed by atoms with Crippen molar-refractivity contribution in [2.45, 2.75) is 36.2 Å². The highest BCUT2D eigenvalue weighted by molar-refractivity contribution is 7.91. The van der Waals surface area contributed by atoms with E-state index < -0.39 is 33.6 Å². The maximum atomic E-state index is 12.9. The molecule has 0 unspecified atom stereocenters. The molecule has 2 aromatic carbocycles. The number of esters is 1. The number of fused-ring (bicyclic) bond motifs is 2. The van der Waals surface area contributed by atoms with Gasteiger partial charge in [0.2, 0.25) is 9.84 Å². The van der Waals surface area contributed by atoms with Crippen molar-refractivity contribution in [3.8, 4) is 0 Å². The molecule has 0 saturated carbocycles. The summed E-state index contributed by atoms with van der Waals surface area (Å²) in [6.07, 6.45) is -0.293. The standard InChI is InChI=1S/C20H19NO6S/c1-3-10-21-19(23)12(2)27-20(24)13-8-9-15-17(11-13)28(25,26)16-7-5-4-6-14(16)18(15)22/h4-9,11-12H,3,10H2,1-2H3,(H,21,23)/t12-/m1/s1. The number of carbonyl (C=O) groups excluding carboxylic acids is 3. The van der Waals surface area contributed by atoms with E-state index in [-0.39, 0.29) is 26.5 Å². The number of ether oxygens (including phenoxy) is 1. The highest BCUT2D eigenvalue weighted by atomic mass is 32.2. The number of ketones is 1. The maximum absolute atomic E-state index is 12.9. The molecule has 0 spiro atoms. The fourth-order valence-corrected chi connectivity index (χ4v) is 4.56. The zero-order valence-electron chi connectivity index (χ0n) is 15.4. The van der Waals surface area contributed by atoms with E-state index in [2.05, 4.69) is 5.32 Å². The van der Waals surface area contributed by atoms with Crippen LogP contribution in [0.5, 0.6) is 0 Å². The van der Waals surface area contributed by atoms with Gasteiger partial charge in [0.15, 0.2) is 11.9 Å². The summed E-state index contributed by atoms with van der Waals surface area (Å²) in [7, 11) is -3.96. The monoisotopic (exact) mass is 401 g/mol. The second-order valence-corrected chi connectivity index (χ2v) is 8.26. The Balaban J connectivity index is 1.92. The van der Waals surface area contributed by atoms with Gasteiger partial charge in [-0.05, 0) is 43.7 Å². The molecule has 0 bridgehead atoms. The van der Waals surface area contributed by atoms with E-state index in [1.165, 1.54) is 37.3 Å². The maximum Gasteiger partial charge on any atom is 0.338 e. The normalized spacial score (nSPS) is 15.1. The van der Waals surface area contributed by atoms with E-state index in [0.717, 1.165) is 12.5 Å². The second kappa shape index (κ2) is 7.55. The van der Waals surface area contributed by atoms with Crippen LogP contribution in [-0.2, 0) is 19.4 Å². The highest BCUT2D eigenvalue weighted by Crippen LogP contribution is 2.34. The van der Waals surface area contributed by atoms with Gasteiger partial charge in [0.25, 0.3) is 5.91 Å². The third kappa shape index (κ3) is 3.43. The number of carbonyl (C=O) groups is 3. The molecule has 0 aromatic heterocycles. The molecular formula is C20H19NO6S. The van der Waals surface area contributed by atoms with Gasteiger partial charge in [0.05, 0.1) is 15.4 Å². The van der Waals surface area contributed by atoms with Crippen LogP contribution in [0.2, 0.25) is 0 Å². The van der Waals surface area contributed by atoms with Crippen LogP contribution in [0.4, 0.5) is 0 Å². The molecule has 1 heterocycles. The fraction of sp³-hybridized carbons (Fsp3) is 0.250. The molecule has 8 heteroatoms. The van der Waals surface area contributed by atoms with Crippen LogP contribution < -0.4 is 5.32 Å². The Labute approximate surface area is 162 Å². The van der Waals surface area contributed by atoms with Gasteiger partial charge in [-0.1, -0.05) is 19.1 Å². The molecule has 28 heavy (non-hydrogen) atoms. The van der Waals surface area contributed by atoms with Crippen LogP contribution >= 0.6 is 0 Å². The Kier molecular flexibility index (Phi) is 5.33. The van der Waals surface area contributed by atoms with E-state index in [1.807, 2.05) is 6.92 Å². The van der Waals surface area contributed by atoms with Crippen molar-refractivity contribution < 1.29 is 27.5 Å². The number of rotatable bonds is 5. The van der Waals surface area contributed by atoms with Gasteiger partial charge in [0, 0.05) is 17.7 Å². The molecule has 1 aliphatic heterocycles. The van der Waals surface area contributed by atoms with Crippen molar-refractivity contribution in [1.82, 2.24) is 5.32 Å². The molecule has 3 rings (SSSR count). The van der Waals surface area contributed by atoms with Crippen LogP contribution in [-0.4, -0.2) is 38.7 Å². The third-order valence-electron chi connectivity index (χ3n) is 4.37. The molecule has 0 saturated heterocycles. The van der Waals surface area contributed by atoms with Crippen LogP contribution in [0.25, 0.3) is 0 Å². The van der Waals surface area contributed by atoms with Gasteiger partial charge in [-0.3, -0.25) is 9.59 Å². The van der Waals surface area contributed by atoms with Gasteiger partial charge in [-0.25, -0.2) is 13.2 Å². The lowest BCUT2D eigenvalue weighted by Gasteiger charge is -2.19. The zero-order valence-corrected chi connectivity index (χ0v) is 16.2. The molecule has 1 amide bonds. The predicted molar refractivity (Wildman–Crippen MR) is 99.9 cm³/mol. The van der Waals surface area contributed by atoms with Gasteiger partial charge in [-0.2, -0.15) is 0 Å². The summed E-state index contributed by atoms with van der Waals surface area (Å²) in [5, 5.41) is 2.61. The lowest BCUT2D eigenvalue weighted by atomic mass is 10.0. The average Bonchev–Trinajstić information content (AvgIpc) is 2.70. The largest absolute Gasteiger partial charge is 0.449 e. The molecule has 0 aliphatic carbocycles. The van der Waals surface area contributed by atoms with E-state index in [4.69, 9.17) is 4.74 Å². The van der Waals surface area contributed by atoms with Crippen LogP contribution in [0.15, 0.2) is 52.3 Å². The Morgan fingerprint density at radius 1 is 1.07 bits per heavy atom. The predicted octanol–water partition coefficient (Wildman–Crippen LogP) is 2.14. The third-order valence-corrected chi connectivity index (χ3v) is 6.23. The molecule has 1 N–H and O–H groups in total. The quantitative estimate of drug-likeness (QED) is 0.657. The summed E-state index contributed by atoms with van der Waals surface area (Å²) in [5.74, 6) is -1.71. The number of hydrogen-bond donors (Lipinski definition) is 1. The SMILES string of the molecule is CCCNC(=O)[C@@H](C)OC(=O)c1ccc2c(c1)S(=O)(=O)c1ccccc1C2=O. The molecular weight excluding hydrogens is 382 g/mol. The molecule has 0 fully saturated rings. The zero-order chi connectivity index (χ0) is 20.5. The minimum Gasteiger partial charge on any atom is -0.449 e. The molecule has 7 nitrogen and oxygen atoms in total. The highest BCUT2D eigenvalue weighted by Gasteiger charge is 2.35. The number of sulfone groups is 1. The van der Waals surface area contributed by atoms with Crippen molar-refractivity contribution in [2.24, 2.45) is 0 Å². The lowest BCUT2D eigenvalue weighted by molar-refractivity contribution is -0.129. The first-order valence-corrected chi connectivity index (χ1v) is 10.3. The topological polar surface area (TPSA) is 107 Å². The summed E-state index contributed by atoms with van der Waals surface area (Å²) >= 11 is 0. The molecule has 1 aliphatic rings. The molecule has 0 radical (unpaired) electrons. The van der Waals surface area contributed by atoms with Crippen LogP contribution in [0, 0.1) is 0 Å². The number of benzene rings is 2. The number of amides is 1. The van der Waals surface area contributed by atoms with Gasteiger partial charge < -0.3 is 10.1 Å². The van der Waals surface area contributed by atoms with Crippen molar-refractivity contribution in [1.29, 1.82) is 0 Å². The van der Waals surface area contributed by atoms with Crippen molar-refractivity contribution in [2.75, 3.05) is 6.54 Å². The smallest absolute Gasteiger partial charge is 0.338 e. The first kappa shape index (κ1) is 19.8. The first-order chi connectivity index (χ1) is 13.3. The summed E-state index contributed by atoms with van der Waals surface area (Å²) in [6, 6.07) is 9.67. The Morgan fingerprint density at radius 3 is 2.46 bits per heavy atom. The Bertz CT molecular complexity index is 1070. The van der Waals surface area contributed by atoms with E-state index >= 15 is 0 Å². The Hall–Kier alpha value is -3.00. The molecule has 146 valence electrons. The van der Waals surface area contributed by atoms with E-state index in [1.54, 1.807) is 6.07 Å². The van der Waals surface area contributed by atoms with Crippen LogP contribution in [0.3, 0.4) is 0 Å². The lowest BCUT2D eigenvalue weighted by Crippen LogP contribution is -2.36. The number of hydrogen-bond acceptors (Lipinski definition) is 6. The molecule has 2 aromatic rings. The Morgan fingerprint density at radius 2 is 1.75 bits per heavy atom. The summed E-state index contributed by atoms with van der Waals surface area (Å²) in [4.78, 5) is 36.5. The van der Waals surface area contributed by atoms with Gasteiger partial charge in [0.1, 0.15) is 0 Å². The minimum absolute atomic E-state index is 0.00369. The van der Waals surface area contributed by atoms with Gasteiger partial charge >= 0.3 is 5.97 Å². The van der Waals surface area contributed by atoms with Crippen molar-refractivity contribution in [3.05, 3.63) is 59.2 Å². The van der Waals surface area contributed by atoms with E-state index in [9.17, 15) is 22.8 Å². The van der Waals surface area contributed by atoms with Crippen molar-refractivity contribution in [3.63, 3.8) is 0 Å². The summed E-state index contributed by atoms with van der Waals surface area (Å²) < 4.78 is 30.9.